The molecule has 0 aliphatic carbocycles. The Labute approximate surface area is 143 Å². The van der Waals surface area contributed by atoms with E-state index in [0.29, 0.717) is 0 Å². The first-order valence-electron chi connectivity index (χ1n) is 6.65. The molecule has 0 atom stereocenters. The third-order valence-corrected chi connectivity index (χ3v) is 2.65. The number of ether oxygens (including phenoxy) is 8. The minimum Gasteiger partial charge on any atom is -0.438 e. The third-order valence-electron chi connectivity index (χ3n) is 2.65. The van der Waals surface area contributed by atoms with Crippen molar-refractivity contribution in [3.63, 3.8) is 0 Å². The molecule has 12 nitrogen and oxygen atoms in total. The van der Waals surface area contributed by atoms with Crippen LogP contribution in [0.25, 0.3) is 0 Å². The maximum atomic E-state index is 11.2. The highest BCUT2D eigenvalue weighted by molar-refractivity contribution is 5.61. The molecule has 0 aromatic heterocycles. The van der Waals surface area contributed by atoms with Gasteiger partial charge in [0.25, 0.3) is 0 Å². The van der Waals surface area contributed by atoms with Crippen molar-refractivity contribution in [3.8, 4) is 0 Å². The SMILES string of the molecule is COC(=O)OCC(COC(=O)OC)(COC(=O)OC)COC(=O)OC. The second-order valence-corrected chi connectivity index (χ2v) is 4.47. The van der Waals surface area contributed by atoms with Crippen LogP contribution in [0.4, 0.5) is 19.2 Å². The number of hydrogen-bond donors (Lipinski definition) is 0. The second kappa shape index (κ2) is 11.6. The maximum Gasteiger partial charge on any atom is 0.508 e. The number of carbonyl (C=O) groups is 4. The van der Waals surface area contributed by atoms with Gasteiger partial charge in [-0.25, -0.2) is 19.2 Å². The Morgan fingerprint density at radius 3 is 0.880 bits per heavy atom. The van der Waals surface area contributed by atoms with Gasteiger partial charge in [-0.3, -0.25) is 0 Å². The predicted molar refractivity (Wildman–Crippen MR) is 75.9 cm³/mol. The monoisotopic (exact) mass is 368 g/mol. The highest BCUT2D eigenvalue weighted by atomic mass is 16.7. The van der Waals surface area contributed by atoms with E-state index in [1.165, 1.54) is 0 Å². The van der Waals surface area contributed by atoms with Gasteiger partial charge in [-0.2, -0.15) is 0 Å². The first-order chi connectivity index (χ1) is 11.8. The quantitative estimate of drug-likeness (QED) is 0.447. The molecule has 25 heavy (non-hydrogen) atoms. The van der Waals surface area contributed by atoms with Crippen LogP contribution in [-0.4, -0.2) is 79.5 Å². The average Bonchev–Trinajstić information content (AvgIpc) is 2.65. The molecule has 0 heterocycles. The lowest BCUT2D eigenvalue weighted by Gasteiger charge is -2.30. The molecule has 0 amide bonds. The van der Waals surface area contributed by atoms with E-state index in [9.17, 15) is 19.2 Å². The van der Waals surface area contributed by atoms with Gasteiger partial charge >= 0.3 is 24.6 Å². The summed E-state index contributed by atoms with van der Waals surface area (Å²) in [6.45, 7) is -1.98. The Bertz CT molecular complexity index is 374. The fourth-order valence-corrected chi connectivity index (χ4v) is 1.33. The molecule has 0 aliphatic heterocycles. The lowest BCUT2D eigenvalue weighted by atomic mass is 9.92. The minimum absolute atomic E-state index is 0.495. The highest BCUT2D eigenvalue weighted by Gasteiger charge is 2.38. The van der Waals surface area contributed by atoms with E-state index >= 15 is 0 Å². The predicted octanol–water partition coefficient (Wildman–Crippen LogP) is 1.10. The van der Waals surface area contributed by atoms with Gasteiger partial charge in [-0.05, 0) is 0 Å². The van der Waals surface area contributed by atoms with E-state index < -0.39 is 56.5 Å². The van der Waals surface area contributed by atoms with Gasteiger partial charge < -0.3 is 37.9 Å². The Hall–Kier alpha value is -2.92. The van der Waals surface area contributed by atoms with Gasteiger partial charge in [-0.1, -0.05) is 0 Å². The zero-order chi connectivity index (χ0) is 19.3. The van der Waals surface area contributed by atoms with Crippen molar-refractivity contribution in [2.24, 2.45) is 5.41 Å². The highest BCUT2D eigenvalue weighted by Crippen LogP contribution is 2.22. The topological polar surface area (TPSA) is 142 Å². The molecule has 144 valence electrons. The number of hydrogen-bond acceptors (Lipinski definition) is 12. The van der Waals surface area contributed by atoms with E-state index in [1.807, 2.05) is 0 Å². The summed E-state index contributed by atoms with van der Waals surface area (Å²) in [7, 11) is 4.30. The molecule has 0 aromatic rings. The van der Waals surface area contributed by atoms with Gasteiger partial charge in [0.2, 0.25) is 0 Å². The fraction of sp³-hybridized carbons (Fsp3) is 0.692. The summed E-state index contributed by atoms with van der Waals surface area (Å²) in [6, 6.07) is 0. The first kappa shape index (κ1) is 22.1. The number of rotatable bonds is 8. The van der Waals surface area contributed by atoms with Crippen LogP contribution in [0.1, 0.15) is 0 Å². The lowest BCUT2D eigenvalue weighted by Crippen LogP contribution is -2.44. The molecule has 0 aliphatic rings. The van der Waals surface area contributed by atoms with Crippen molar-refractivity contribution in [1.29, 1.82) is 0 Å². The van der Waals surface area contributed by atoms with Crippen LogP contribution in [0, 0.1) is 5.41 Å². The third kappa shape index (κ3) is 9.07. The van der Waals surface area contributed by atoms with E-state index in [2.05, 4.69) is 18.9 Å². The van der Waals surface area contributed by atoms with Crippen LogP contribution in [0.5, 0.6) is 0 Å². The molecule has 12 heteroatoms. The van der Waals surface area contributed by atoms with Gasteiger partial charge in [0.1, 0.15) is 31.8 Å². The van der Waals surface area contributed by atoms with Crippen molar-refractivity contribution in [2.75, 3.05) is 54.9 Å². The van der Waals surface area contributed by atoms with E-state index in [4.69, 9.17) is 18.9 Å². The lowest BCUT2D eigenvalue weighted by molar-refractivity contribution is -0.0773. The summed E-state index contributed by atoms with van der Waals surface area (Å²) in [4.78, 5) is 44.8. The smallest absolute Gasteiger partial charge is 0.438 e. The zero-order valence-electron chi connectivity index (χ0n) is 14.2. The zero-order valence-corrected chi connectivity index (χ0v) is 14.2. The first-order valence-corrected chi connectivity index (χ1v) is 6.65. The molecule has 0 spiro atoms. The summed E-state index contributed by atoms with van der Waals surface area (Å²) >= 11 is 0. The molecule has 0 unspecified atom stereocenters. The number of carbonyl (C=O) groups excluding carboxylic acids is 4. The van der Waals surface area contributed by atoms with Crippen molar-refractivity contribution in [1.82, 2.24) is 0 Å². The van der Waals surface area contributed by atoms with Crippen molar-refractivity contribution < 1.29 is 57.1 Å². The van der Waals surface area contributed by atoms with Crippen LogP contribution in [0.2, 0.25) is 0 Å². The Balaban J connectivity index is 5.24. The molecule has 0 saturated heterocycles. The van der Waals surface area contributed by atoms with Gasteiger partial charge in [0, 0.05) is 0 Å². The van der Waals surface area contributed by atoms with Crippen LogP contribution >= 0.6 is 0 Å². The van der Waals surface area contributed by atoms with E-state index in [0.717, 1.165) is 28.4 Å². The van der Waals surface area contributed by atoms with Crippen molar-refractivity contribution in [3.05, 3.63) is 0 Å². The second-order valence-electron chi connectivity index (χ2n) is 4.47. The van der Waals surface area contributed by atoms with Gasteiger partial charge in [0.15, 0.2) is 0 Å². The minimum atomic E-state index is -1.47. The Morgan fingerprint density at radius 2 is 0.720 bits per heavy atom. The summed E-state index contributed by atoms with van der Waals surface area (Å²) in [5, 5.41) is 0. The standard InChI is InChI=1S/C13H20O12/c1-18-9(14)22-5-13(6-23-10(15)19-2,7-24-11(16)20-3)8-25-12(17)21-4/h5-8H2,1-4H3. The largest absolute Gasteiger partial charge is 0.508 e. The summed E-state index contributed by atoms with van der Waals surface area (Å²) in [6.07, 6.45) is -4.23. The molecule has 0 fully saturated rings. The van der Waals surface area contributed by atoms with Crippen molar-refractivity contribution >= 4 is 24.6 Å². The molecule has 0 bridgehead atoms. The molecular formula is C13H20O12. The normalized spacial score (nSPS) is 10.1. The average molecular weight is 368 g/mol. The van der Waals surface area contributed by atoms with Crippen LogP contribution in [-0.2, 0) is 37.9 Å². The Kier molecular flexibility index (Phi) is 10.2. The molecular weight excluding hydrogens is 348 g/mol. The summed E-state index contributed by atoms with van der Waals surface area (Å²) in [5.74, 6) is 0. The summed E-state index contributed by atoms with van der Waals surface area (Å²) in [5.41, 5.74) is -1.47. The Morgan fingerprint density at radius 1 is 0.520 bits per heavy atom. The van der Waals surface area contributed by atoms with Crippen molar-refractivity contribution in [2.45, 2.75) is 0 Å². The molecule has 0 N–H and O–H groups in total. The van der Waals surface area contributed by atoms with E-state index in [1.54, 1.807) is 0 Å². The van der Waals surface area contributed by atoms with E-state index in [-0.39, 0.29) is 0 Å². The number of methoxy groups -OCH3 is 4. The molecule has 0 saturated carbocycles. The fourth-order valence-electron chi connectivity index (χ4n) is 1.33. The van der Waals surface area contributed by atoms with Gasteiger partial charge in [0.05, 0.1) is 28.4 Å². The van der Waals surface area contributed by atoms with Crippen LogP contribution < -0.4 is 0 Å². The molecule has 0 radical (unpaired) electrons. The summed E-state index contributed by atoms with van der Waals surface area (Å²) < 4.78 is 36.5. The van der Waals surface area contributed by atoms with Gasteiger partial charge in [-0.15, -0.1) is 0 Å². The van der Waals surface area contributed by atoms with Crippen LogP contribution in [0.3, 0.4) is 0 Å². The maximum absolute atomic E-state index is 11.2. The molecule has 0 rings (SSSR count). The molecule has 0 aromatic carbocycles. The van der Waals surface area contributed by atoms with Crippen LogP contribution in [0.15, 0.2) is 0 Å².